The first-order chi connectivity index (χ1) is 7.60. The van der Waals surface area contributed by atoms with E-state index in [2.05, 4.69) is 24.3 Å². The molecule has 0 aliphatic heterocycles. The van der Waals surface area contributed by atoms with Gasteiger partial charge in [0.25, 0.3) is 0 Å². The predicted molar refractivity (Wildman–Crippen MR) is 66.6 cm³/mol. The van der Waals surface area contributed by atoms with E-state index in [1.807, 2.05) is 11.6 Å². The molecule has 0 radical (unpaired) electrons. The molecule has 0 saturated heterocycles. The Bertz CT molecular complexity index is 335. The highest BCUT2D eigenvalue weighted by Crippen LogP contribution is 2.23. The SMILES string of the molecule is CCn1nc(C)c(N)c1NC(C)CCOC. The molecule has 0 bridgehead atoms. The minimum absolute atomic E-state index is 0.323. The Hall–Kier alpha value is -1.23. The lowest BCUT2D eigenvalue weighted by Crippen LogP contribution is -2.20. The number of hydrogen-bond acceptors (Lipinski definition) is 4. The molecule has 0 saturated carbocycles. The Kier molecular flexibility index (Phi) is 4.61. The van der Waals surface area contributed by atoms with E-state index >= 15 is 0 Å². The van der Waals surface area contributed by atoms with Crippen molar-refractivity contribution < 1.29 is 4.74 Å². The van der Waals surface area contributed by atoms with E-state index in [0.29, 0.717) is 6.04 Å². The van der Waals surface area contributed by atoms with Crippen molar-refractivity contribution in [3.63, 3.8) is 0 Å². The number of methoxy groups -OCH3 is 1. The fourth-order valence-corrected chi connectivity index (χ4v) is 1.58. The maximum Gasteiger partial charge on any atom is 0.148 e. The van der Waals surface area contributed by atoms with E-state index in [-0.39, 0.29) is 0 Å². The van der Waals surface area contributed by atoms with Crippen LogP contribution in [-0.4, -0.2) is 29.5 Å². The van der Waals surface area contributed by atoms with E-state index in [0.717, 1.165) is 36.8 Å². The van der Waals surface area contributed by atoms with Crippen LogP contribution < -0.4 is 11.1 Å². The number of aryl methyl sites for hydroxylation is 2. The van der Waals surface area contributed by atoms with Crippen molar-refractivity contribution in [1.29, 1.82) is 0 Å². The van der Waals surface area contributed by atoms with Gasteiger partial charge in [-0.2, -0.15) is 5.10 Å². The highest BCUT2D eigenvalue weighted by Gasteiger charge is 2.13. The van der Waals surface area contributed by atoms with E-state index in [1.165, 1.54) is 0 Å². The van der Waals surface area contributed by atoms with Gasteiger partial charge in [-0.25, -0.2) is 4.68 Å². The van der Waals surface area contributed by atoms with Crippen LogP contribution in [-0.2, 0) is 11.3 Å². The fraction of sp³-hybridized carbons (Fsp3) is 0.727. The third-order valence-corrected chi connectivity index (χ3v) is 2.61. The zero-order valence-electron chi connectivity index (χ0n) is 10.6. The maximum absolute atomic E-state index is 5.98. The molecule has 5 nitrogen and oxygen atoms in total. The van der Waals surface area contributed by atoms with Gasteiger partial charge in [0.1, 0.15) is 5.82 Å². The van der Waals surface area contributed by atoms with Crippen LogP contribution in [0.1, 0.15) is 26.0 Å². The lowest BCUT2D eigenvalue weighted by Gasteiger charge is -2.16. The molecule has 1 rings (SSSR count). The standard InChI is InChI=1S/C11H22N4O/c1-5-15-11(10(12)9(3)14-15)13-8(2)6-7-16-4/h8,13H,5-7,12H2,1-4H3. The van der Waals surface area contributed by atoms with Crippen molar-refractivity contribution in [2.45, 2.75) is 39.8 Å². The molecule has 0 amide bonds. The molecular weight excluding hydrogens is 204 g/mol. The summed E-state index contributed by atoms with van der Waals surface area (Å²) < 4.78 is 6.95. The molecule has 16 heavy (non-hydrogen) atoms. The number of nitrogens with zero attached hydrogens (tertiary/aromatic N) is 2. The number of anilines is 2. The lowest BCUT2D eigenvalue weighted by molar-refractivity contribution is 0.191. The fourth-order valence-electron chi connectivity index (χ4n) is 1.58. The van der Waals surface area contributed by atoms with Gasteiger partial charge in [0.15, 0.2) is 0 Å². The number of nitrogens with two attached hydrogens (primary N) is 1. The Morgan fingerprint density at radius 3 is 2.81 bits per heavy atom. The molecule has 0 spiro atoms. The van der Waals surface area contributed by atoms with E-state index < -0.39 is 0 Å². The van der Waals surface area contributed by atoms with Crippen LogP contribution in [0.2, 0.25) is 0 Å². The topological polar surface area (TPSA) is 65.1 Å². The molecule has 0 fully saturated rings. The molecule has 1 heterocycles. The summed E-state index contributed by atoms with van der Waals surface area (Å²) in [7, 11) is 1.71. The largest absolute Gasteiger partial charge is 0.394 e. The van der Waals surface area contributed by atoms with Gasteiger partial charge in [-0.3, -0.25) is 0 Å². The normalized spacial score (nSPS) is 12.8. The summed E-state index contributed by atoms with van der Waals surface area (Å²) in [6, 6.07) is 0.323. The molecule has 5 heteroatoms. The van der Waals surface area contributed by atoms with Gasteiger partial charge in [0, 0.05) is 26.3 Å². The Morgan fingerprint density at radius 2 is 2.25 bits per heavy atom. The van der Waals surface area contributed by atoms with Crippen LogP contribution in [0, 0.1) is 6.92 Å². The molecule has 92 valence electrons. The quantitative estimate of drug-likeness (QED) is 0.773. The van der Waals surface area contributed by atoms with Gasteiger partial charge in [-0.1, -0.05) is 0 Å². The first-order valence-corrected chi connectivity index (χ1v) is 5.68. The second kappa shape index (κ2) is 5.75. The summed E-state index contributed by atoms with van der Waals surface area (Å²) >= 11 is 0. The number of aromatic nitrogens is 2. The molecule has 0 aliphatic carbocycles. The molecule has 0 aromatic carbocycles. The summed E-state index contributed by atoms with van der Waals surface area (Å²) in [5, 5.41) is 7.74. The summed E-state index contributed by atoms with van der Waals surface area (Å²) in [5.41, 5.74) is 7.60. The Morgan fingerprint density at radius 1 is 1.56 bits per heavy atom. The van der Waals surface area contributed by atoms with Gasteiger partial charge >= 0.3 is 0 Å². The van der Waals surface area contributed by atoms with Crippen LogP contribution in [0.3, 0.4) is 0 Å². The third kappa shape index (κ3) is 2.88. The third-order valence-electron chi connectivity index (χ3n) is 2.61. The number of hydrogen-bond donors (Lipinski definition) is 2. The first kappa shape index (κ1) is 12.8. The number of nitrogen functional groups attached to an aromatic ring is 1. The van der Waals surface area contributed by atoms with Crippen LogP contribution >= 0.6 is 0 Å². The van der Waals surface area contributed by atoms with Crippen LogP contribution in [0.4, 0.5) is 11.5 Å². The van der Waals surface area contributed by atoms with Crippen molar-refractivity contribution in [2.75, 3.05) is 24.8 Å². The van der Waals surface area contributed by atoms with Crippen LogP contribution in [0.15, 0.2) is 0 Å². The smallest absolute Gasteiger partial charge is 0.148 e. The molecule has 1 atom stereocenters. The lowest BCUT2D eigenvalue weighted by atomic mass is 10.2. The summed E-state index contributed by atoms with van der Waals surface area (Å²) in [6.07, 6.45) is 0.948. The average Bonchev–Trinajstić information content (AvgIpc) is 2.54. The molecule has 1 unspecified atom stereocenters. The second-order valence-electron chi connectivity index (χ2n) is 3.99. The van der Waals surface area contributed by atoms with Crippen molar-refractivity contribution in [3.05, 3.63) is 5.69 Å². The highest BCUT2D eigenvalue weighted by molar-refractivity contribution is 5.65. The monoisotopic (exact) mass is 226 g/mol. The van der Waals surface area contributed by atoms with Gasteiger partial charge in [-0.15, -0.1) is 0 Å². The van der Waals surface area contributed by atoms with Crippen LogP contribution in [0.5, 0.6) is 0 Å². The molecule has 1 aromatic rings. The minimum atomic E-state index is 0.323. The number of nitrogens with one attached hydrogen (secondary N) is 1. The molecule has 3 N–H and O–H groups in total. The van der Waals surface area contributed by atoms with Gasteiger partial charge in [-0.05, 0) is 27.2 Å². The Balaban J connectivity index is 2.71. The molecule has 1 aromatic heterocycles. The van der Waals surface area contributed by atoms with Crippen molar-refractivity contribution >= 4 is 11.5 Å². The first-order valence-electron chi connectivity index (χ1n) is 5.68. The molecular formula is C11H22N4O. The summed E-state index contributed by atoms with van der Waals surface area (Å²) in [4.78, 5) is 0. The predicted octanol–water partition coefficient (Wildman–Crippen LogP) is 1.63. The summed E-state index contributed by atoms with van der Waals surface area (Å²) in [6.45, 7) is 7.65. The zero-order chi connectivity index (χ0) is 12.1. The van der Waals surface area contributed by atoms with Crippen molar-refractivity contribution in [1.82, 2.24) is 9.78 Å². The number of ether oxygens (including phenoxy) is 1. The minimum Gasteiger partial charge on any atom is -0.394 e. The molecule has 0 aliphatic rings. The van der Waals surface area contributed by atoms with Gasteiger partial charge in [0.05, 0.1) is 11.4 Å². The zero-order valence-corrected chi connectivity index (χ0v) is 10.6. The van der Waals surface area contributed by atoms with E-state index in [4.69, 9.17) is 10.5 Å². The van der Waals surface area contributed by atoms with Crippen molar-refractivity contribution in [2.24, 2.45) is 0 Å². The van der Waals surface area contributed by atoms with Crippen molar-refractivity contribution in [3.8, 4) is 0 Å². The van der Waals surface area contributed by atoms with Gasteiger partial charge in [0.2, 0.25) is 0 Å². The van der Waals surface area contributed by atoms with E-state index in [9.17, 15) is 0 Å². The number of rotatable bonds is 6. The summed E-state index contributed by atoms with van der Waals surface area (Å²) in [5.74, 6) is 0.920. The van der Waals surface area contributed by atoms with Crippen LogP contribution in [0.25, 0.3) is 0 Å². The van der Waals surface area contributed by atoms with E-state index in [1.54, 1.807) is 7.11 Å². The average molecular weight is 226 g/mol. The highest BCUT2D eigenvalue weighted by atomic mass is 16.5. The van der Waals surface area contributed by atoms with Gasteiger partial charge < -0.3 is 15.8 Å². The second-order valence-corrected chi connectivity index (χ2v) is 3.99. The maximum atomic E-state index is 5.98. The Labute approximate surface area is 97.0 Å².